The molecular weight excluding hydrogens is 492 g/mol. The van der Waals surface area contributed by atoms with Crippen LogP contribution in [0.5, 0.6) is 11.5 Å². The van der Waals surface area contributed by atoms with Crippen LogP contribution in [0.3, 0.4) is 0 Å². The van der Waals surface area contributed by atoms with Gasteiger partial charge in [0.2, 0.25) is 0 Å². The number of halogens is 2. The maximum atomic E-state index is 13.8. The summed E-state index contributed by atoms with van der Waals surface area (Å²) >= 11 is 0. The van der Waals surface area contributed by atoms with Gasteiger partial charge in [-0.2, -0.15) is 5.26 Å². The molecule has 1 unspecified atom stereocenters. The molecule has 7 nitrogen and oxygen atoms in total. The van der Waals surface area contributed by atoms with Crippen LogP contribution in [0.2, 0.25) is 0 Å². The molecule has 2 aliphatic heterocycles. The number of aliphatic hydroxyl groups is 2. The molecule has 4 aliphatic rings. The van der Waals surface area contributed by atoms with Crippen LogP contribution in [0, 0.1) is 22.7 Å². The van der Waals surface area contributed by atoms with Gasteiger partial charge in [-0.25, -0.2) is 8.78 Å². The van der Waals surface area contributed by atoms with Gasteiger partial charge in [0.15, 0.2) is 11.2 Å². The summed E-state index contributed by atoms with van der Waals surface area (Å²) < 4.78 is 40.1. The van der Waals surface area contributed by atoms with Crippen LogP contribution in [-0.2, 0) is 5.60 Å². The van der Waals surface area contributed by atoms with Crippen molar-refractivity contribution in [1.82, 2.24) is 9.88 Å². The van der Waals surface area contributed by atoms with E-state index < -0.39 is 53.6 Å². The van der Waals surface area contributed by atoms with E-state index >= 15 is 0 Å². The maximum Gasteiger partial charge on any atom is 0.272 e. The van der Waals surface area contributed by atoms with Crippen LogP contribution >= 0.6 is 0 Å². The van der Waals surface area contributed by atoms with E-state index in [0.717, 1.165) is 5.56 Å². The number of ether oxygens (including phenoxy) is 2. The number of pyridine rings is 1. The summed E-state index contributed by atoms with van der Waals surface area (Å²) in [5.41, 5.74) is -2.78. The van der Waals surface area contributed by atoms with E-state index in [2.05, 4.69) is 11.1 Å². The summed E-state index contributed by atoms with van der Waals surface area (Å²) in [6.45, 7) is 1.28. The summed E-state index contributed by atoms with van der Waals surface area (Å²) in [7, 11) is 1.46. The van der Waals surface area contributed by atoms with Gasteiger partial charge in [0, 0.05) is 29.4 Å². The highest BCUT2D eigenvalue weighted by atomic mass is 19.3. The van der Waals surface area contributed by atoms with Crippen LogP contribution in [-0.4, -0.2) is 64.5 Å². The maximum absolute atomic E-state index is 13.8. The zero-order valence-corrected chi connectivity index (χ0v) is 21.1. The highest BCUT2D eigenvalue weighted by molar-refractivity contribution is 5.59. The average Bonchev–Trinajstić information content (AvgIpc) is 3.28. The predicted octanol–water partition coefficient (Wildman–Crippen LogP) is 3.55. The van der Waals surface area contributed by atoms with Crippen LogP contribution in [0.1, 0.15) is 30.4 Å². The second kappa shape index (κ2) is 8.34. The number of methoxy groups -OCH3 is 1. The van der Waals surface area contributed by atoms with Gasteiger partial charge >= 0.3 is 0 Å². The van der Waals surface area contributed by atoms with Crippen LogP contribution in [0.4, 0.5) is 8.78 Å². The lowest BCUT2D eigenvalue weighted by Gasteiger charge is -2.52. The SMILES string of the molecule is COc1cncc2c1[C@]1(O)[C@H](O)[C@H](CN3CC(F)(F)C3)[C@@H](c3ccccc3)[C@]1(C1(C)C=CC(C#N)=CC1)O2. The Morgan fingerprint density at radius 2 is 1.97 bits per heavy atom. The Bertz CT molecular complexity index is 1370. The minimum Gasteiger partial charge on any atom is -0.495 e. The molecule has 2 N–H and O–H groups in total. The van der Waals surface area contributed by atoms with Crippen molar-refractivity contribution in [3.05, 3.63) is 77.7 Å². The van der Waals surface area contributed by atoms with E-state index in [0.29, 0.717) is 23.3 Å². The Morgan fingerprint density at radius 3 is 2.58 bits per heavy atom. The van der Waals surface area contributed by atoms with Gasteiger partial charge in [0.25, 0.3) is 5.92 Å². The predicted molar refractivity (Wildman–Crippen MR) is 134 cm³/mol. The second-order valence-corrected chi connectivity index (χ2v) is 11.1. The van der Waals surface area contributed by atoms with Gasteiger partial charge in [0.05, 0.1) is 50.3 Å². The Hall–Kier alpha value is -3.32. The lowest BCUT2D eigenvalue weighted by atomic mass is 9.57. The molecule has 1 saturated heterocycles. The number of allylic oxidation sites excluding steroid dienone is 3. The number of rotatable bonds is 5. The normalized spacial score (nSPS) is 36.9. The van der Waals surface area contributed by atoms with E-state index in [1.54, 1.807) is 17.1 Å². The number of aliphatic hydroxyl groups excluding tert-OH is 1. The average molecular weight is 522 g/mol. The van der Waals surface area contributed by atoms with Gasteiger partial charge in [-0.1, -0.05) is 49.4 Å². The van der Waals surface area contributed by atoms with Crippen molar-refractivity contribution in [3.8, 4) is 17.6 Å². The van der Waals surface area contributed by atoms with Crippen molar-refractivity contribution in [3.63, 3.8) is 0 Å². The third-order valence-corrected chi connectivity index (χ3v) is 8.91. The summed E-state index contributed by atoms with van der Waals surface area (Å²) in [4.78, 5) is 5.84. The third-order valence-electron chi connectivity index (χ3n) is 8.91. The van der Waals surface area contributed by atoms with Crippen molar-refractivity contribution < 1.29 is 28.5 Å². The standard InChI is InChI=1S/C29H29F2N3O4/c1-26(10-8-18(12-32)9-11-26)29-23(19-6-4-3-5-7-19)20(15-34-16-27(30,31)17-34)25(35)28(29,36)24-21(37-2)13-33-14-22(24)38-29/h3-10,13-14,20,23,25,35-36H,11,15-17H2,1-2H3/t20-,23-,25-,26?,28+,29-/m1/s1. The molecule has 1 saturated carbocycles. The van der Waals surface area contributed by atoms with Gasteiger partial charge in [-0.3, -0.25) is 9.88 Å². The van der Waals surface area contributed by atoms with Crippen LogP contribution in [0.25, 0.3) is 0 Å². The molecule has 0 bridgehead atoms. The van der Waals surface area contributed by atoms with Gasteiger partial charge in [-0.05, 0) is 18.1 Å². The number of alkyl halides is 2. The molecule has 38 heavy (non-hydrogen) atoms. The van der Waals surface area contributed by atoms with Crippen molar-refractivity contribution in [2.24, 2.45) is 11.3 Å². The number of nitriles is 1. The Labute approximate surface area is 219 Å². The van der Waals surface area contributed by atoms with Gasteiger partial charge < -0.3 is 19.7 Å². The molecule has 0 amide bonds. The Morgan fingerprint density at radius 1 is 1.24 bits per heavy atom. The Balaban J connectivity index is 1.60. The number of benzene rings is 1. The molecule has 0 spiro atoms. The first-order valence-corrected chi connectivity index (χ1v) is 12.7. The van der Waals surface area contributed by atoms with E-state index in [1.807, 2.05) is 43.3 Å². The highest BCUT2D eigenvalue weighted by Crippen LogP contribution is 2.71. The molecule has 6 rings (SSSR count). The molecule has 198 valence electrons. The van der Waals surface area contributed by atoms with Gasteiger partial charge in [-0.15, -0.1) is 0 Å². The number of fused-ring (bicyclic) bond motifs is 3. The molecular formula is C29H29F2N3O4. The fourth-order valence-electron chi connectivity index (χ4n) is 7.31. The first kappa shape index (κ1) is 25.0. The molecule has 0 radical (unpaired) electrons. The smallest absolute Gasteiger partial charge is 0.272 e. The number of aromatic nitrogens is 1. The second-order valence-electron chi connectivity index (χ2n) is 11.1. The van der Waals surface area contributed by atoms with Crippen molar-refractivity contribution in [2.75, 3.05) is 26.7 Å². The number of hydrogen-bond donors (Lipinski definition) is 2. The van der Waals surface area contributed by atoms with Crippen molar-refractivity contribution >= 4 is 0 Å². The zero-order chi connectivity index (χ0) is 26.9. The largest absolute Gasteiger partial charge is 0.495 e. The fourth-order valence-corrected chi connectivity index (χ4v) is 7.31. The van der Waals surface area contributed by atoms with Crippen LogP contribution in [0.15, 0.2) is 66.5 Å². The van der Waals surface area contributed by atoms with Gasteiger partial charge in [0.1, 0.15) is 11.5 Å². The molecule has 2 aromatic rings. The number of hydrogen-bond acceptors (Lipinski definition) is 7. The van der Waals surface area contributed by atoms with E-state index in [4.69, 9.17) is 9.47 Å². The monoisotopic (exact) mass is 521 g/mol. The van der Waals surface area contributed by atoms with Crippen molar-refractivity contribution in [2.45, 2.75) is 42.5 Å². The molecule has 2 aliphatic carbocycles. The van der Waals surface area contributed by atoms with E-state index in [-0.39, 0.29) is 12.3 Å². The third kappa shape index (κ3) is 3.17. The molecule has 1 aromatic carbocycles. The van der Waals surface area contributed by atoms with Crippen molar-refractivity contribution in [1.29, 1.82) is 5.26 Å². The minimum absolute atomic E-state index is 0.144. The van der Waals surface area contributed by atoms with E-state index in [9.17, 15) is 24.3 Å². The Kier molecular flexibility index (Phi) is 5.48. The lowest BCUT2D eigenvalue weighted by Crippen LogP contribution is -2.63. The quantitative estimate of drug-likeness (QED) is 0.621. The summed E-state index contributed by atoms with van der Waals surface area (Å²) in [5.74, 6) is -3.47. The minimum atomic E-state index is -2.77. The molecule has 6 atom stereocenters. The lowest BCUT2D eigenvalue weighted by molar-refractivity contribution is -0.185. The topological polar surface area (TPSA) is 98.8 Å². The summed E-state index contributed by atoms with van der Waals surface area (Å²) in [6, 6.07) is 11.6. The number of nitrogens with zero attached hydrogens (tertiary/aromatic N) is 3. The summed E-state index contributed by atoms with van der Waals surface area (Å²) in [6.07, 6.45) is 7.31. The molecule has 2 fully saturated rings. The molecule has 1 aromatic heterocycles. The first-order chi connectivity index (χ1) is 18.1. The molecule has 3 heterocycles. The molecule has 9 heteroatoms. The van der Waals surface area contributed by atoms with Crippen LogP contribution < -0.4 is 9.47 Å². The zero-order valence-electron chi connectivity index (χ0n) is 21.1. The summed E-state index contributed by atoms with van der Waals surface area (Å²) in [5, 5.41) is 34.5. The fraction of sp³-hybridized carbons (Fsp3) is 0.448. The highest BCUT2D eigenvalue weighted by Gasteiger charge is 2.80. The van der Waals surface area contributed by atoms with E-state index in [1.165, 1.54) is 19.5 Å². The first-order valence-electron chi connectivity index (χ1n) is 12.7. The number of likely N-dealkylation sites (tertiary alicyclic amines) is 1.